The molecule has 8 heteroatoms. The highest BCUT2D eigenvalue weighted by atomic mass is 16.4. The van der Waals surface area contributed by atoms with Crippen LogP contribution in [-0.4, -0.2) is 61.0 Å². The maximum Gasteiger partial charge on any atom is 0.335 e. The fourth-order valence-corrected chi connectivity index (χ4v) is 3.59. The number of likely N-dealkylation sites (N-methyl/N-ethyl adjacent to an activating group) is 1. The van der Waals surface area contributed by atoms with E-state index in [0.29, 0.717) is 5.56 Å². The minimum atomic E-state index is -1.12. The van der Waals surface area contributed by atoms with Crippen molar-refractivity contribution in [3.63, 3.8) is 0 Å². The molecule has 2 heterocycles. The summed E-state index contributed by atoms with van der Waals surface area (Å²) in [5, 5.41) is 14.6. The molecule has 3 N–H and O–H groups in total. The molecule has 0 bridgehead atoms. The maximum atomic E-state index is 12.4. The summed E-state index contributed by atoms with van der Waals surface area (Å²) in [6.45, 7) is 4.00. The minimum absolute atomic E-state index is 0.0127. The number of rotatable bonds is 4. The van der Waals surface area contributed by atoms with E-state index >= 15 is 0 Å². The molecule has 0 unspecified atom stereocenters. The van der Waals surface area contributed by atoms with E-state index in [2.05, 4.69) is 27.5 Å². The molecule has 0 radical (unpaired) electrons. The van der Waals surface area contributed by atoms with Crippen LogP contribution < -0.4 is 15.5 Å². The summed E-state index contributed by atoms with van der Waals surface area (Å²) in [5.74, 6) is -2.24. The van der Waals surface area contributed by atoms with Crippen molar-refractivity contribution in [2.24, 2.45) is 0 Å². The number of carbonyl (C=O) groups is 3. The van der Waals surface area contributed by atoms with Crippen molar-refractivity contribution in [3.8, 4) is 0 Å². The molecule has 0 aromatic heterocycles. The lowest BCUT2D eigenvalue weighted by Gasteiger charge is -2.34. The Kier molecular flexibility index (Phi) is 5.24. The number of hydrogen-bond acceptors (Lipinski definition) is 6. The Bertz CT molecular complexity index is 1040. The predicted octanol–water partition coefficient (Wildman–Crippen LogP) is 1.86. The minimum Gasteiger partial charge on any atom is -0.478 e. The number of anilines is 2. The van der Waals surface area contributed by atoms with Crippen molar-refractivity contribution in [2.75, 3.05) is 43.4 Å². The van der Waals surface area contributed by atoms with Crippen LogP contribution in [0.3, 0.4) is 0 Å². The second-order valence-electron chi connectivity index (χ2n) is 7.39. The van der Waals surface area contributed by atoms with Crippen molar-refractivity contribution in [1.29, 1.82) is 0 Å². The molecule has 2 amide bonds. The summed E-state index contributed by atoms with van der Waals surface area (Å²) >= 11 is 0. The molecule has 2 aliphatic heterocycles. The number of carboxylic acid groups (broad SMARTS) is 1. The lowest BCUT2D eigenvalue weighted by atomic mass is 9.93. The molecule has 0 saturated carbocycles. The summed E-state index contributed by atoms with van der Waals surface area (Å²) in [6, 6.07) is 12.0. The van der Waals surface area contributed by atoms with Crippen molar-refractivity contribution in [2.45, 2.75) is 0 Å². The Morgan fingerprint density at radius 3 is 2.37 bits per heavy atom. The van der Waals surface area contributed by atoms with Gasteiger partial charge in [-0.1, -0.05) is 0 Å². The Hall–Kier alpha value is -3.65. The molecule has 8 nitrogen and oxygen atoms in total. The van der Waals surface area contributed by atoms with Gasteiger partial charge in [-0.3, -0.25) is 14.9 Å². The highest BCUT2D eigenvalue weighted by Crippen LogP contribution is 2.26. The molecule has 2 aromatic rings. The van der Waals surface area contributed by atoms with Crippen LogP contribution in [0, 0.1) is 0 Å². The second-order valence-corrected chi connectivity index (χ2v) is 7.39. The van der Waals surface area contributed by atoms with Gasteiger partial charge in [-0.05, 0) is 49.5 Å². The van der Waals surface area contributed by atoms with Crippen LogP contribution in [0.25, 0.3) is 5.57 Å². The third-order valence-corrected chi connectivity index (χ3v) is 5.39. The topological polar surface area (TPSA) is 102 Å². The highest BCUT2D eigenvalue weighted by molar-refractivity contribution is 6.31. The quantitative estimate of drug-likeness (QED) is 0.526. The van der Waals surface area contributed by atoms with Crippen molar-refractivity contribution >= 4 is 34.7 Å². The first-order chi connectivity index (χ1) is 14.4. The standard InChI is InChI=1S/C22H22N4O4/c1-25-8-10-26(11-9-25)16-5-3-15(4-6-16)23-13-19-18-12-14(22(29)30)2-7-17(18)20(27)24-21(19)28/h2-7,12-13,23H,8-11H2,1H3,(H,29,30)(H,24,27,28). The number of benzene rings is 2. The SMILES string of the molecule is CN1CCN(c2ccc(NC=C3C(=O)NC(=O)c4ccc(C(=O)O)cc43)cc2)CC1. The smallest absolute Gasteiger partial charge is 0.335 e. The predicted molar refractivity (Wildman–Crippen MR) is 114 cm³/mol. The zero-order valence-corrected chi connectivity index (χ0v) is 16.5. The first-order valence-electron chi connectivity index (χ1n) is 9.66. The number of carbonyl (C=O) groups excluding carboxylic acids is 2. The summed E-state index contributed by atoms with van der Waals surface area (Å²) in [7, 11) is 2.12. The summed E-state index contributed by atoms with van der Waals surface area (Å²) in [5.41, 5.74) is 2.69. The molecule has 2 aromatic carbocycles. The van der Waals surface area contributed by atoms with Gasteiger partial charge >= 0.3 is 5.97 Å². The van der Waals surface area contributed by atoms with Crippen molar-refractivity contribution in [1.82, 2.24) is 10.2 Å². The number of piperazine rings is 1. The lowest BCUT2D eigenvalue weighted by Crippen LogP contribution is -2.44. The van der Waals surface area contributed by atoms with Gasteiger partial charge in [0.2, 0.25) is 0 Å². The normalized spacial score (nSPS) is 18.2. The summed E-state index contributed by atoms with van der Waals surface area (Å²) in [6.07, 6.45) is 1.50. The average Bonchev–Trinajstić information content (AvgIpc) is 2.74. The van der Waals surface area contributed by atoms with Gasteiger partial charge in [0.1, 0.15) is 0 Å². The number of nitrogens with one attached hydrogen (secondary N) is 2. The number of carboxylic acids is 1. The molecule has 0 aliphatic carbocycles. The highest BCUT2D eigenvalue weighted by Gasteiger charge is 2.28. The van der Waals surface area contributed by atoms with Gasteiger partial charge in [-0.25, -0.2) is 4.79 Å². The molecular formula is C22H22N4O4. The number of aromatic carboxylic acids is 1. The summed E-state index contributed by atoms with van der Waals surface area (Å²) in [4.78, 5) is 40.3. The number of imide groups is 1. The van der Waals surface area contributed by atoms with Crippen LogP contribution in [0.1, 0.15) is 26.3 Å². The van der Waals surface area contributed by atoms with E-state index in [4.69, 9.17) is 0 Å². The van der Waals surface area contributed by atoms with Gasteiger partial charge in [0.25, 0.3) is 11.8 Å². The number of hydrogen-bond donors (Lipinski definition) is 3. The van der Waals surface area contributed by atoms with E-state index < -0.39 is 17.8 Å². The van der Waals surface area contributed by atoms with Gasteiger partial charge in [-0.15, -0.1) is 0 Å². The van der Waals surface area contributed by atoms with Gasteiger partial charge in [0.15, 0.2) is 0 Å². The third-order valence-electron chi connectivity index (χ3n) is 5.39. The molecule has 0 atom stereocenters. The third kappa shape index (κ3) is 3.90. The molecule has 4 rings (SSSR count). The average molecular weight is 406 g/mol. The van der Waals surface area contributed by atoms with E-state index in [0.717, 1.165) is 37.6 Å². The summed E-state index contributed by atoms with van der Waals surface area (Å²) < 4.78 is 0. The lowest BCUT2D eigenvalue weighted by molar-refractivity contribution is -0.114. The molecule has 2 aliphatic rings. The zero-order valence-electron chi connectivity index (χ0n) is 16.5. The van der Waals surface area contributed by atoms with E-state index in [1.54, 1.807) is 0 Å². The number of amides is 2. The van der Waals surface area contributed by atoms with Crippen LogP contribution in [0.2, 0.25) is 0 Å². The molecule has 154 valence electrons. The number of nitrogens with zero attached hydrogens (tertiary/aromatic N) is 2. The largest absolute Gasteiger partial charge is 0.478 e. The Balaban J connectivity index is 1.56. The Morgan fingerprint density at radius 1 is 1.00 bits per heavy atom. The van der Waals surface area contributed by atoms with Crippen LogP contribution in [0.15, 0.2) is 48.7 Å². The molecule has 1 fully saturated rings. The van der Waals surface area contributed by atoms with Crippen molar-refractivity contribution < 1.29 is 19.5 Å². The van der Waals surface area contributed by atoms with Crippen LogP contribution in [0.5, 0.6) is 0 Å². The second kappa shape index (κ2) is 8.00. The molecule has 1 saturated heterocycles. The van der Waals surface area contributed by atoms with Crippen LogP contribution >= 0.6 is 0 Å². The van der Waals surface area contributed by atoms with Gasteiger partial charge in [0.05, 0.1) is 11.1 Å². The van der Waals surface area contributed by atoms with Gasteiger partial charge in [0, 0.05) is 54.9 Å². The van der Waals surface area contributed by atoms with E-state index in [1.165, 1.54) is 24.4 Å². The Morgan fingerprint density at radius 2 is 1.70 bits per heavy atom. The van der Waals surface area contributed by atoms with E-state index in [-0.39, 0.29) is 16.7 Å². The first-order valence-corrected chi connectivity index (χ1v) is 9.66. The number of fused-ring (bicyclic) bond motifs is 1. The van der Waals surface area contributed by atoms with Crippen LogP contribution in [0.4, 0.5) is 11.4 Å². The molecule has 30 heavy (non-hydrogen) atoms. The molecular weight excluding hydrogens is 384 g/mol. The Labute approximate surface area is 173 Å². The molecule has 0 spiro atoms. The first kappa shape index (κ1) is 19.7. The van der Waals surface area contributed by atoms with E-state index in [9.17, 15) is 19.5 Å². The van der Waals surface area contributed by atoms with Gasteiger partial charge in [-0.2, -0.15) is 0 Å². The maximum absolute atomic E-state index is 12.4. The fraction of sp³-hybridized carbons (Fsp3) is 0.227. The monoisotopic (exact) mass is 406 g/mol. The van der Waals surface area contributed by atoms with E-state index in [1.807, 2.05) is 24.3 Å². The zero-order chi connectivity index (χ0) is 21.3. The van der Waals surface area contributed by atoms with Crippen molar-refractivity contribution in [3.05, 3.63) is 65.4 Å². The fourth-order valence-electron chi connectivity index (χ4n) is 3.59. The van der Waals surface area contributed by atoms with Gasteiger partial charge < -0.3 is 20.2 Å². The van der Waals surface area contributed by atoms with Crippen LogP contribution in [-0.2, 0) is 4.79 Å².